The second kappa shape index (κ2) is 5.23. The fourth-order valence-corrected chi connectivity index (χ4v) is 3.05. The molecule has 1 aromatic heterocycles. The summed E-state index contributed by atoms with van der Waals surface area (Å²) < 4.78 is 11.0. The Morgan fingerprint density at radius 1 is 1.67 bits per heavy atom. The van der Waals surface area contributed by atoms with E-state index in [-0.39, 0.29) is 0 Å². The molecule has 1 fully saturated rings. The summed E-state index contributed by atoms with van der Waals surface area (Å²) in [6.07, 6.45) is 4.44. The summed E-state index contributed by atoms with van der Waals surface area (Å²) in [6, 6.07) is 4.81. The molecule has 2 atom stereocenters. The Hall–Kier alpha value is -0.190. The molecule has 0 spiro atoms. The summed E-state index contributed by atoms with van der Waals surface area (Å²) in [5.41, 5.74) is 0. The number of rotatable bonds is 6. The summed E-state index contributed by atoms with van der Waals surface area (Å²) in [7, 11) is -0.681. The highest BCUT2D eigenvalue weighted by Crippen LogP contribution is 2.42. The van der Waals surface area contributed by atoms with Gasteiger partial charge in [-0.25, -0.2) is 0 Å². The Labute approximate surface area is 97.5 Å². The highest BCUT2D eigenvalue weighted by Gasteiger charge is 2.32. The largest absolute Gasteiger partial charge is 0.308 e. The number of nitrogens with one attached hydrogen (secondary N) is 1. The number of hydrogen-bond donors (Lipinski definition) is 1. The first-order valence-corrected chi connectivity index (χ1v) is 7.95. The first-order chi connectivity index (χ1) is 7.27. The molecular weight excluding hydrogens is 226 g/mol. The van der Waals surface area contributed by atoms with Crippen LogP contribution in [0.5, 0.6) is 0 Å². The van der Waals surface area contributed by atoms with Gasteiger partial charge in [-0.05, 0) is 30.2 Å². The summed E-state index contributed by atoms with van der Waals surface area (Å²) in [5.74, 6) is 1.57. The van der Waals surface area contributed by atoms with E-state index in [9.17, 15) is 4.21 Å². The van der Waals surface area contributed by atoms with Gasteiger partial charge in [-0.1, -0.05) is 6.07 Å². The fourth-order valence-electron chi connectivity index (χ4n) is 1.76. The molecule has 84 valence electrons. The maximum Gasteiger partial charge on any atom is 0.0443 e. The third kappa shape index (κ3) is 3.40. The van der Waals surface area contributed by atoms with E-state index in [0.717, 1.165) is 18.2 Å². The minimum absolute atomic E-state index is 0.508. The van der Waals surface area contributed by atoms with E-state index in [1.807, 2.05) is 11.3 Å². The molecule has 0 saturated heterocycles. The smallest absolute Gasteiger partial charge is 0.0443 e. The zero-order valence-electron chi connectivity index (χ0n) is 8.94. The summed E-state index contributed by atoms with van der Waals surface area (Å²) in [6.45, 7) is 0.863. The Kier molecular flexibility index (Phi) is 3.94. The lowest BCUT2D eigenvalue weighted by molar-refractivity contribution is 0.504. The van der Waals surface area contributed by atoms with Crippen LogP contribution in [0.3, 0.4) is 0 Å². The first-order valence-electron chi connectivity index (χ1n) is 5.34. The van der Waals surface area contributed by atoms with Gasteiger partial charge in [0.2, 0.25) is 0 Å². The van der Waals surface area contributed by atoms with E-state index >= 15 is 0 Å². The van der Waals surface area contributed by atoms with Crippen molar-refractivity contribution >= 4 is 22.1 Å². The number of hydrogen-bond acceptors (Lipinski definition) is 3. The second-order valence-corrected chi connectivity index (χ2v) is 6.60. The summed E-state index contributed by atoms with van der Waals surface area (Å²) in [5, 5.41) is 5.66. The average molecular weight is 243 g/mol. The summed E-state index contributed by atoms with van der Waals surface area (Å²) >= 11 is 1.82. The van der Waals surface area contributed by atoms with Crippen molar-refractivity contribution in [2.75, 3.05) is 18.6 Å². The van der Waals surface area contributed by atoms with Gasteiger partial charge in [0.25, 0.3) is 0 Å². The van der Waals surface area contributed by atoms with E-state index < -0.39 is 10.8 Å². The third-order valence-corrected chi connectivity index (χ3v) is 4.43. The van der Waals surface area contributed by atoms with Crippen LogP contribution in [-0.4, -0.2) is 22.8 Å². The van der Waals surface area contributed by atoms with Crippen molar-refractivity contribution < 1.29 is 4.21 Å². The standard InChI is InChI=1S/C11H17NOS2/c1-15(13)8-6-12-11(9-4-5-9)10-3-2-7-14-10/h2-3,7,9,11-12H,4-6,8H2,1H3. The minimum atomic E-state index is -0.681. The van der Waals surface area contributed by atoms with Crippen LogP contribution in [0.2, 0.25) is 0 Å². The molecule has 15 heavy (non-hydrogen) atoms. The second-order valence-electron chi connectivity index (χ2n) is 4.06. The Bertz CT molecular complexity index is 319. The minimum Gasteiger partial charge on any atom is -0.308 e. The van der Waals surface area contributed by atoms with Gasteiger partial charge < -0.3 is 5.32 Å². The maximum absolute atomic E-state index is 11.0. The van der Waals surface area contributed by atoms with Gasteiger partial charge in [0.05, 0.1) is 0 Å². The molecule has 0 amide bonds. The molecule has 2 rings (SSSR count). The molecular formula is C11H17NOS2. The Morgan fingerprint density at radius 2 is 2.47 bits per heavy atom. The van der Waals surface area contributed by atoms with Gasteiger partial charge in [0, 0.05) is 40.3 Å². The molecule has 1 aromatic rings. The Morgan fingerprint density at radius 3 is 3.00 bits per heavy atom. The lowest BCUT2D eigenvalue weighted by Crippen LogP contribution is -2.26. The molecule has 0 aromatic carbocycles. The van der Waals surface area contributed by atoms with E-state index in [1.54, 1.807) is 6.26 Å². The monoisotopic (exact) mass is 243 g/mol. The van der Waals surface area contributed by atoms with Crippen molar-refractivity contribution in [3.05, 3.63) is 22.4 Å². The lowest BCUT2D eigenvalue weighted by atomic mass is 10.1. The molecule has 0 radical (unpaired) electrons. The van der Waals surface area contributed by atoms with E-state index in [4.69, 9.17) is 0 Å². The van der Waals surface area contributed by atoms with E-state index in [2.05, 4.69) is 22.8 Å². The Balaban J connectivity index is 1.87. The van der Waals surface area contributed by atoms with Crippen molar-refractivity contribution in [3.8, 4) is 0 Å². The highest BCUT2D eigenvalue weighted by atomic mass is 32.2. The maximum atomic E-state index is 11.0. The van der Waals surface area contributed by atoms with Crippen LogP contribution in [0.15, 0.2) is 17.5 Å². The molecule has 1 N–H and O–H groups in total. The van der Waals surface area contributed by atoms with Gasteiger partial charge >= 0.3 is 0 Å². The molecule has 1 saturated carbocycles. The van der Waals surface area contributed by atoms with Crippen LogP contribution in [-0.2, 0) is 10.8 Å². The zero-order chi connectivity index (χ0) is 10.7. The van der Waals surface area contributed by atoms with Gasteiger partial charge in [-0.3, -0.25) is 4.21 Å². The van der Waals surface area contributed by atoms with Gasteiger partial charge in [-0.15, -0.1) is 11.3 Å². The molecule has 1 heterocycles. The van der Waals surface area contributed by atoms with Crippen molar-refractivity contribution in [2.24, 2.45) is 5.92 Å². The first kappa shape index (κ1) is 11.3. The normalized spacial score (nSPS) is 20.1. The average Bonchev–Trinajstić information content (AvgIpc) is 2.88. The van der Waals surface area contributed by atoms with E-state index in [1.165, 1.54) is 17.7 Å². The van der Waals surface area contributed by atoms with Crippen molar-refractivity contribution in [3.63, 3.8) is 0 Å². The van der Waals surface area contributed by atoms with Crippen LogP contribution >= 0.6 is 11.3 Å². The topological polar surface area (TPSA) is 29.1 Å². The predicted octanol–water partition coefficient (Wildman–Crippen LogP) is 2.17. The van der Waals surface area contributed by atoms with Crippen LogP contribution in [0, 0.1) is 5.92 Å². The lowest BCUT2D eigenvalue weighted by Gasteiger charge is -2.16. The molecule has 2 nitrogen and oxygen atoms in total. The van der Waals surface area contributed by atoms with Crippen molar-refractivity contribution in [2.45, 2.75) is 18.9 Å². The van der Waals surface area contributed by atoms with Gasteiger partial charge in [0.15, 0.2) is 0 Å². The highest BCUT2D eigenvalue weighted by molar-refractivity contribution is 7.84. The van der Waals surface area contributed by atoms with Gasteiger partial charge in [-0.2, -0.15) is 0 Å². The molecule has 1 aliphatic carbocycles. The molecule has 1 aliphatic rings. The summed E-state index contributed by atoms with van der Waals surface area (Å²) in [4.78, 5) is 1.43. The van der Waals surface area contributed by atoms with Crippen molar-refractivity contribution in [1.29, 1.82) is 0 Å². The SMILES string of the molecule is CS(=O)CCNC(c1cccs1)C1CC1. The van der Waals surface area contributed by atoms with Crippen LogP contribution in [0.4, 0.5) is 0 Å². The van der Waals surface area contributed by atoms with Crippen LogP contribution in [0.25, 0.3) is 0 Å². The van der Waals surface area contributed by atoms with Gasteiger partial charge in [0.1, 0.15) is 0 Å². The zero-order valence-corrected chi connectivity index (χ0v) is 10.6. The number of thiophene rings is 1. The molecule has 0 bridgehead atoms. The van der Waals surface area contributed by atoms with Crippen LogP contribution < -0.4 is 5.32 Å². The predicted molar refractivity (Wildman–Crippen MR) is 66.7 cm³/mol. The molecule has 2 unspecified atom stereocenters. The quantitative estimate of drug-likeness (QED) is 0.829. The molecule has 0 aliphatic heterocycles. The van der Waals surface area contributed by atoms with Crippen LogP contribution in [0.1, 0.15) is 23.8 Å². The van der Waals surface area contributed by atoms with E-state index in [0.29, 0.717) is 6.04 Å². The third-order valence-electron chi connectivity index (χ3n) is 2.70. The van der Waals surface area contributed by atoms with Crippen molar-refractivity contribution in [1.82, 2.24) is 5.32 Å². The molecule has 4 heteroatoms. The fraction of sp³-hybridized carbons (Fsp3) is 0.636.